The molecule has 0 radical (unpaired) electrons. The van der Waals surface area contributed by atoms with Crippen LogP contribution in [0.15, 0.2) is 36.4 Å². The van der Waals surface area contributed by atoms with E-state index in [1.54, 1.807) is 20.3 Å². The van der Waals surface area contributed by atoms with Crippen molar-refractivity contribution in [2.24, 2.45) is 0 Å². The minimum absolute atomic E-state index is 0.0639. The van der Waals surface area contributed by atoms with Gasteiger partial charge in [0.25, 0.3) is 0 Å². The third kappa shape index (κ3) is 1.86. The van der Waals surface area contributed by atoms with Gasteiger partial charge in [-0.15, -0.1) is 0 Å². The molecule has 1 aliphatic rings. The summed E-state index contributed by atoms with van der Waals surface area (Å²) in [5.41, 5.74) is 3.54. The van der Waals surface area contributed by atoms with Gasteiger partial charge in [0.05, 0.1) is 14.2 Å². The summed E-state index contributed by atoms with van der Waals surface area (Å²) in [6, 6.07) is 11.4. The highest BCUT2D eigenvalue weighted by Gasteiger charge is 2.25. The van der Waals surface area contributed by atoms with Crippen LogP contribution >= 0.6 is 0 Å². The Bertz CT molecular complexity index is 674. The average Bonchev–Trinajstić information content (AvgIpc) is 2.64. The highest BCUT2D eigenvalue weighted by Crippen LogP contribution is 2.37. The molecule has 1 aliphatic carbocycles. The number of rotatable bonds is 2. The number of ether oxygens (including phenoxy) is 2. The number of benzene rings is 2. The molecule has 0 aliphatic heterocycles. The molecular formula is C17H16O3. The smallest absolute Gasteiger partial charge is 0.193 e. The fourth-order valence-corrected chi connectivity index (χ4v) is 2.82. The molecule has 2 aromatic rings. The number of ketones is 1. The van der Waals surface area contributed by atoms with Gasteiger partial charge in [-0.05, 0) is 30.5 Å². The molecule has 0 unspecified atom stereocenters. The standard InChI is InChI=1S/C17H16O3/c1-19-15-10-9-13-14(17(15)20-2)8-7-11-5-3-4-6-12(11)16(13)18/h3-6,9-10H,7-8H2,1-2H3. The lowest BCUT2D eigenvalue weighted by molar-refractivity contribution is 0.103. The molecule has 20 heavy (non-hydrogen) atoms. The molecule has 0 fully saturated rings. The first-order chi connectivity index (χ1) is 9.76. The quantitative estimate of drug-likeness (QED) is 0.839. The third-order valence-electron chi connectivity index (χ3n) is 3.80. The summed E-state index contributed by atoms with van der Waals surface area (Å²) in [7, 11) is 3.22. The molecule has 0 atom stereocenters. The van der Waals surface area contributed by atoms with Crippen molar-refractivity contribution in [1.29, 1.82) is 0 Å². The topological polar surface area (TPSA) is 35.5 Å². The first-order valence-electron chi connectivity index (χ1n) is 6.62. The lowest BCUT2D eigenvalue weighted by atomic mass is 9.98. The number of methoxy groups -OCH3 is 2. The van der Waals surface area contributed by atoms with Crippen LogP contribution in [0, 0.1) is 0 Å². The van der Waals surface area contributed by atoms with Crippen molar-refractivity contribution in [3.63, 3.8) is 0 Å². The molecule has 3 nitrogen and oxygen atoms in total. The molecule has 102 valence electrons. The second-order valence-electron chi connectivity index (χ2n) is 4.81. The molecule has 3 heteroatoms. The lowest BCUT2D eigenvalue weighted by Gasteiger charge is -2.14. The summed E-state index contributed by atoms with van der Waals surface area (Å²) < 4.78 is 10.8. The van der Waals surface area contributed by atoms with E-state index in [9.17, 15) is 4.79 Å². The average molecular weight is 268 g/mol. The number of hydrogen-bond donors (Lipinski definition) is 0. The van der Waals surface area contributed by atoms with Crippen LogP contribution in [0.25, 0.3) is 0 Å². The van der Waals surface area contributed by atoms with Gasteiger partial charge < -0.3 is 9.47 Å². The van der Waals surface area contributed by atoms with Gasteiger partial charge in [-0.1, -0.05) is 24.3 Å². The summed E-state index contributed by atoms with van der Waals surface area (Å²) in [5, 5.41) is 0. The minimum atomic E-state index is 0.0639. The van der Waals surface area contributed by atoms with Gasteiger partial charge in [-0.25, -0.2) is 0 Å². The third-order valence-corrected chi connectivity index (χ3v) is 3.80. The van der Waals surface area contributed by atoms with Crippen LogP contribution in [0.1, 0.15) is 27.0 Å². The van der Waals surface area contributed by atoms with Crippen LogP contribution < -0.4 is 9.47 Å². The fourth-order valence-electron chi connectivity index (χ4n) is 2.82. The number of hydrogen-bond acceptors (Lipinski definition) is 3. The minimum Gasteiger partial charge on any atom is -0.493 e. The Morgan fingerprint density at radius 2 is 1.70 bits per heavy atom. The van der Waals surface area contributed by atoms with Gasteiger partial charge in [0, 0.05) is 16.7 Å². The van der Waals surface area contributed by atoms with Gasteiger partial charge in [0.1, 0.15) is 0 Å². The van der Waals surface area contributed by atoms with Crippen LogP contribution in [0.5, 0.6) is 11.5 Å². The van der Waals surface area contributed by atoms with Crippen LogP contribution in [0.2, 0.25) is 0 Å². The van der Waals surface area contributed by atoms with Crippen LogP contribution in [0.3, 0.4) is 0 Å². The van der Waals surface area contributed by atoms with Crippen LogP contribution in [-0.4, -0.2) is 20.0 Å². The van der Waals surface area contributed by atoms with Crippen molar-refractivity contribution >= 4 is 5.78 Å². The predicted molar refractivity (Wildman–Crippen MR) is 76.8 cm³/mol. The van der Waals surface area contributed by atoms with Gasteiger partial charge in [0.15, 0.2) is 17.3 Å². The Balaban J connectivity index is 2.21. The van der Waals surface area contributed by atoms with Crippen molar-refractivity contribution in [1.82, 2.24) is 0 Å². The Hall–Kier alpha value is -2.29. The van der Waals surface area contributed by atoms with Gasteiger partial charge in [-0.2, -0.15) is 0 Å². The zero-order valence-electron chi connectivity index (χ0n) is 11.6. The molecule has 0 N–H and O–H groups in total. The van der Waals surface area contributed by atoms with E-state index in [1.165, 1.54) is 0 Å². The molecule has 2 aromatic carbocycles. The highest BCUT2D eigenvalue weighted by molar-refractivity contribution is 6.11. The van der Waals surface area contributed by atoms with Gasteiger partial charge in [-0.3, -0.25) is 4.79 Å². The Labute approximate surface area is 118 Å². The van der Waals surface area contributed by atoms with Crippen LogP contribution in [-0.2, 0) is 12.8 Å². The SMILES string of the molecule is COc1ccc2c(c1OC)CCc1ccccc1C2=O. The molecule has 0 amide bonds. The predicted octanol–water partition coefficient (Wildman–Crippen LogP) is 3.03. The molecular weight excluding hydrogens is 252 g/mol. The Kier molecular flexibility index (Phi) is 3.18. The summed E-state index contributed by atoms with van der Waals surface area (Å²) in [5.74, 6) is 1.41. The number of aryl methyl sites for hydroxylation is 1. The van der Waals surface area contributed by atoms with Crippen LogP contribution in [0.4, 0.5) is 0 Å². The first-order valence-corrected chi connectivity index (χ1v) is 6.62. The normalized spacial score (nSPS) is 13.2. The van der Waals surface area contributed by atoms with Crippen molar-refractivity contribution < 1.29 is 14.3 Å². The molecule has 0 bridgehead atoms. The molecule has 0 saturated heterocycles. The monoisotopic (exact) mass is 268 g/mol. The molecule has 0 saturated carbocycles. The van der Waals surface area contributed by atoms with E-state index in [2.05, 4.69) is 0 Å². The van der Waals surface area contributed by atoms with Gasteiger partial charge in [0.2, 0.25) is 0 Å². The summed E-state index contributed by atoms with van der Waals surface area (Å²) in [6.07, 6.45) is 1.61. The maximum atomic E-state index is 12.7. The van der Waals surface area contributed by atoms with E-state index >= 15 is 0 Å². The molecule has 0 spiro atoms. The maximum absolute atomic E-state index is 12.7. The fraction of sp³-hybridized carbons (Fsp3) is 0.235. The summed E-state index contributed by atoms with van der Waals surface area (Å²) in [6.45, 7) is 0. The summed E-state index contributed by atoms with van der Waals surface area (Å²) >= 11 is 0. The van der Waals surface area contributed by atoms with Crippen molar-refractivity contribution in [3.8, 4) is 11.5 Å². The Morgan fingerprint density at radius 3 is 2.45 bits per heavy atom. The van der Waals surface area contributed by atoms with E-state index < -0.39 is 0 Å². The zero-order chi connectivity index (χ0) is 14.1. The van der Waals surface area contributed by atoms with E-state index in [0.717, 1.165) is 29.5 Å². The lowest BCUT2D eigenvalue weighted by Crippen LogP contribution is -2.06. The number of carbonyl (C=O) groups excluding carboxylic acids is 1. The van der Waals surface area contributed by atoms with E-state index in [1.807, 2.05) is 30.3 Å². The van der Waals surface area contributed by atoms with Crippen molar-refractivity contribution in [2.75, 3.05) is 14.2 Å². The zero-order valence-corrected chi connectivity index (χ0v) is 11.6. The number of carbonyl (C=O) groups is 1. The largest absolute Gasteiger partial charge is 0.493 e. The molecule has 3 rings (SSSR count). The molecule has 0 aromatic heterocycles. The summed E-state index contributed by atoms with van der Waals surface area (Å²) in [4.78, 5) is 12.7. The second-order valence-corrected chi connectivity index (χ2v) is 4.81. The second kappa shape index (κ2) is 5.00. The van der Waals surface area contributed by atoms with E-state index in [0.29, 0.717) is 17.1 Å². The van der Waals surface area contributed by atoms with E-state index in [4.69, 9.17) is 9.47 Å². The molecule has 0 heterocycles. The van der Waals surface area contributed by atoms with E-state index in [-0.39, 0.29) is 5.78 Å². The first kappa shape index (κ1) is 12.7. The van der Waals surface area contributed by atoms with Gasteiger partial charge >= 0.3 is 0 Å². The highest BCUT2D eigenvalue weighted by atomic mass is 16.5. The van der Waals surface area contributed by atoms with Crippen molar-refractivity contribution in [3.05, 3.63) is 58.7 Å². The Morgan fingerprint density at radius 1 is 0.900 bits per heavy atom. The maximum Gasteiger partial charge on any atom is 0.193 e. The van der Waals surface area contributed by atoms with Crippen molar-refractivity contribution in [2.45, 2.75) is 12.8 Å². The number of fused-ring (bicyclic) bond motifs is 2.